The van der Waals surface area contributed by atoms with Gasteiger partial charge in [-0.2, -0.15) is 0 Å². The third kappa shape index (κ3) is 6.77. The molecule has 0 aliphatic heterocycles. The van der Waals surface area contributed by atoms with E-state index in [4.69, 9.17) is 0 Å². The van der Waals surface area contributed by atoms with Crippen LogP contribution < -0.4 is 40.0 Å². The SMILES string of the molecule is Cc1ccc([C@@H](O)CNCCc2ccc(-c3ccc(C(=O)[O-])cc3)cc2)cn1.[Na+]. The van der Waals surface area contributed by atoms with E-state index < -0.39 is 12.1 Å². The molecule has 0 fully saturated rings. The Morgan fingerprint density at radius 3 is 2.21 bits per heavy atom. The molecule has 5 nitrogen and oxygen atoms in total. The molecule has 3 aromatic rings. The molecular formula is C23H23N2NaO3. The van der Waals surface area contributed by atoms with Crippen molar-refractivity contribution in [1.29, 1.82) is 0 Å². The summed E-state index contributed by atoms with van der Waals surface area (Å²) in [7, 11) is 0. The summed E-state index contributed by atoms with van der Waals surface area (Å²) < 4.78 is 0. The Labute approximate surface area is 193 Å². The summed E-state index contributed by atoms with van der Waals surface area (Å²) in [6.45, 7) is 3.16. The molecule has 0 saturated heterocycles. The number of carbonyl (C=O) groups excluding carboxylic acids is 1. The van der Waals surface area contributed by atoms with Crippen LogP contribution in [-0.4, -0.2) is 29.1 Å². The summed E-state index contributed by atoms with van der Waals surface area (Å²) in [5.41, 5.74) is 5.10. The molecule has 0 aliphatic carbocycles. The molecule has 1 aromatic heterocycles. The van der Waals surface area contributed by atoms with Gasteiger partial charge in [0.1, 0.15) is 0 Å². The number of nitrogens with zero attached hydrogens (tertiary/aromatic N) is 1. The van der Waals surface area contributed by atoms with Crippen molar-refractivity contribution >= 4 is 5.97 Å². The van der Waals surface area contributed by atoms with Crippen LogP contribution in [0.1, 0.15) is 33.3 Å². The number of benzene rings is 2. The second-order valence-electron chi connectivity index (χ2n) is 6.76. The summed E-state index contributed by atoms with van der Waals surface area (Å²) in [5.74, 6) is -1.17. The second-order valence-corrected chi connectivity index (χ2v) is 6.76. The van der Waals surface area contributed by atoms with Crippen molar-refractivity contribution in [3.05, 3.63) is 89.2 Å². The van der Waals surface area contributed by atoms with Crippen molar-refractivity contribution in [1.82, 2.24) is 10.3 Å². The molecule has 1 heterocycles. The molecule has 2 N–H and O–H groups in total. The fourth-order valence-electron chi connectivity index (χ4n) is 2.93. The van der Waals surface area contributed by atoms with Crippen molar-refractivity contribution in [3.63, 3.8) is 0 Å². The van der Waals surface area contributed by atoms with Crippen molar-refractivity contribution in [3.8, 4) is 11.1 Å². The first-order valence-electron chi connectivity index (χ1n) is 9.25. The van der Waals surface area contributed by atoms with Gasteiger partial charge >= 0.3 is 29.6 Å². The second kappa shape index (κ2) is 11.2. The monoisotopic (exact) mass is 398 g/mol. The van der Waals surface area contributed by atoms with Gasteiger partial charge in [0.15, 0.2) is 0 Å². The van der Waals surface area contributed by atoms with Crippen LogP contribution in [0, 0.1) is 6.92 Å². The molecule has 0 aliphatic rings. The van der Waals surface area contributed by atoms with Gasteiger partial charge in [0, 0.05) is 24.0 Å². The van der Waals surface area contributed by atoms with Crippen LogP contribution in [0.25, 0.3) is 11.1 Å². The molecule has 0 saturated carbocycles. The maximum Gasteiger partial charge on any atom is 1.00 e. The normalized spacial score (nSPS) is 11.5. The van der Waals surface area contributed by atoms with Gasteiger partial charge in [-0.15, -0.1) is 0 Å². The fourth-order valence-corrected chi connectivity index (χ4v) is 2.93. The van der Waals surface area contributed by atoms with Gasteiger partial charge in [-0.3, -0.25) is 4.98 Å². The number of aromatic nitrogens is 1. The molecule has 144 valence electrons. The van der Waals surface area contributed by atoms with Crippen LogP contribution in [-0.2, 0) is 6.42 Å². The summed E-state index contributed by atoms with van der Waals surface area (Å²) in [6, 6.07) is 18.6. The van der Waals surface area contributed by atoms with Crippen LogP contribution in [0.5, 0.6) is 0 Å². The number of carboxylic acids is 1. The van der Waals surface area contributed by atoms with Crippen LogP contribution in [0.2, 0.25) is 0 Å². The summed E-state index contributed by atoms with van der Waals surface area (Å²) in [4.78, 5) is 15.0. The molecular weight excluding hydrogens is 375 g/mol. The van der Waals surface area contributed by atoms with E-state index in [1.54, 1.807) is 30.5 Å². The molecule has 0 amide bonds. The van der Waals surface area contributed by atoms with Crippen molar-refractivity contribution in [2.45, 2.75) is 19.4 Å². The first kappa shape index (κ1) is 23.3. The van der Waals surface area contributed by atoms with Gasteiger partial charge in [-0.25, -0.2) is 0 Å². The number of carboxylic acid groups (broad SMARTS) is 1. The number of aryl methyl sites for hydroxylation is 1. The average molecular weight is 398 g/mol. The van der Waals surface area contributed by atoms with E-state index >= 15 is 0 Å². The Bertz CT molecular complexity index is 910. The number of hydrogen-bond donors (Lipinski definition) is 2. The van der Waals surface area contributed by atoms with Crippen LogP contribution in [0.4, 0.5) is 0 Å². The zero-order valence-corrected chi connectivity index (χ0v) is 18.8. The Kier molecular flexibility index (Phi) is 9.01. The first-order valence-corrected chi connectivity index (χ1v) is 9.25. The number of hydrogen-bond acceptors (Lipinski definition) is 5. The summed E-state index contributed by atoms with van der Waals surface area (Å²) in [6.07, 6.45) is 1.99. The fraction of sp³-hybridized carbons (Fsp3) is 0.217. The third-order valence-electron chi connectivity index (χ3n) is 4.66. The van der Waals surface area contributed by atoms with Crippen molar-refractivity contribution in [2.75, 3.05) is 13.1 Å². The largest absolute Gasteiger partial charge is 1.00 e. The Hall–Kier alpha value is -2.02. The molecule has 1 atom stereocenters. The van der Waals surface area contributed by atoms with Gasteiger partial charge < -0.3 is 20.3 Å². The topological polar surface area (TPSA) is 85.3 Å². The predicted octanol–water partition coefficient (Wildman–Crippen LogP) is -0.710. The zero-order chi connectivity index (χ0) is 19.9. The number of aliphatic hydroxyl groups is 1. The number of aliphatic hydroxyl groups excluding tert-OH is 1. The van der Waals surface area contributed by atoms with E-state index in [9.17, 15) is 15.0 Å². The Morgan fingerprint density at radius 1 is 1.03 bits per heavy atom. The van der Waals surface area contributed by atoms with Gasteiger partial charge in [0.25, 0.3) is 0 Å². The quantitative estimate of drug-likeness (QED) is 0.387. The van der Waals surface area contributed by atoms with Crippen LogP contribution in [0.3, 0.4) is 0 Å². The molecule has 29 heavy (non-hydrogen) atoms. The van der Waals surface area contributed by atoms with Gasteiger partial charge in [-0.05, 0) is 48.2 Å². The minimum atomic E-state index is -1.17. The van der Waals surface area contributed by atoms with E-state index in [0.29, 0.717) is 6.54 Å². The predicted molar refractivity (Wildman–Crippen MR) is 107 cm³/mol. The Morgan fingerprint density at radius 2 is 1.66 bits per heavy atom. The number of nitrogens with one attached hydrogen (secondary N) is 1. The molecule has 2 aromatic carbocycles. The zero-order valence-electron chi connectivity index (χ0n) is 16.8. The minimum absolute atomic E-state index is 0. The van der Waals surface area contributed by atoms with Crippen molar-refractivity contribution in [2.24, 2.45) is 0 Å². The Balaban J connectivity index is 0.00000300. The minimum Gasteiger partial charge on any atom is -0.545 e. The number of aromatic carboxylic acids is 1. The van der Waals surface area contributed by atoms with Crippen molar-refractivity contribution < 1.29 is 44.6 Å². The average Bonchev–Trinajstić information content (AvgIpc) is 2.72. The maximum atomic E-state index is 10.8. The van der Waals surface area contributed by atoms with Crippen LogP contribution in [0.15, 0.2) is 66.9 Å². The molecule has 3 rings (SSSR count). The van der Waals surface area contributed by atoms with E-state index in [-0.39, 0.29) is 35.1 Å². The molecule has 0 bridgehead atoms. The van der Waals surface area contributed by atoms with Gasteiger partial charge in [0.2, 0.25) is 0 Å². The first-order chi connectivity index (χ1) is 13.5. The molecule has 0 radical (unpaired) electrons. The van der Waals surface area contributed by atoms with E-state index in [1.165, 1.54) is 5.56 Å². The van der Waals surface area contributed by atoms with E-state index in [1.807, 2.05) is 31.2 Å². The smallest absolute Gasteiger partial charge is 0.545 e. The van der Waals surface area contributed by atoms with Gasteiger partial charge in [-0.1, -0.05) is 54.6 Å². The van der Waals surface area contributed by atoms with Crippen LogP contribution >= 0.6 is 0 Å². The van der Waals surface area contributed by atoms with Gasteiger partial charge in [0.05, 0.1) is 12.1 Å². The summed E-state index contributed by atoms with van der Waals surface area (Å²) >= 11 is 0. The number of rotatable bonds is 8. The summed E-state index contributed by atoms with van der Waals surface area (Å²) in [5, 5.41) is 24.3. The van der Waals surface area contributed by atoms with E-state index in [0.717, 1.165) is 35.3 Å². The molecule has 6 heteroatoms. The molecule has 0 unspecified atom stereocenters. The number of pyridine rings is 1. The number of carbonyl (C=O) groups is 1. The van der Waals surface area contributed by atoms with E-state index in [2.05, 4.69) is 22.4 Å². The maximum absolute atomic E-state index is 10.8. The molecule has 0 spiro atoms. The standard InChI is InChI=1S/C23H24N2O3.Na/c1-16-2-5-21(14-25-16)22(26)15-24-13-12-17-3-6-18(7-4-17)19-8-10-20(11-9-19)23(27)28;/h2-11,14,22,24,26H,12-13,15H2,1H3,(H,27,28);/q;+1/p-1/t22-;/m0./s1. The third-order valence-corrected chi connectivity index (χ3v) is 4.66.